The van der Waals surface area contributed by atoms with Gasteiger partial charge in [0.05, 0.1) is 16.5 Å². The normalized spacial score (nSPS) is 24.3. The molecule has 1 aliphatic heterocycles. The van der Waals surface area contributed by atoms with Crippen molar-refractivity contribution in [2.45, 2.75) is 43.7 Å². The van der Waals surface area contributed by atoms with Crippen LogP contribution < -0.4 is 5.73 Å². The number of rotatable bonds is 2. The highest BCUT2D eigenvalue weighted by Gasteiger charge is 2.34. The number of hydrogen-bond acceptors (Lipinski definition) is 4. The summed E-state index contributed by atoms with van der Waals surface area (Å²) in [6, 6.07) is 6.65. The first kappa shape index (κ1) is 15.0. The Morgan fingerprint density at radius 1 is 1.45 bits per heavy atom. The first-order valence-corrected chi connectivity index (χ1v) is 8.08. The molecule has 0 aliphatic carbocycles. The molecule has 0 amide bonds. The topological polar surface area (TPSA) is 87.2 Å². The molecule has 1 fully saturated rings. The van der Waals surface area contributed by atoms with Crippen LogP contribution >= 0.6 is 0 Å². The average Bonchev–Trinajstić information content (AvgIpc) is 2.37. The Morgan fingerprint density at radius 3 is 2.70 bits per heavy atom. The van der Waals surface area contributed by atoms with Gasteiger partial charge in [0.1, 0.15) is 0 Å². The van der Waals surface area contributed by atoms with Gasteiger partial charge in [0.2, 0.25) is 10.0 Å². The zero-order chi connectivity index (χ0) is 14.9. The molecule has 0 aromatic heterocycles. The second-order valence-electron chi connectivity index (χ2n) is 5.34. The molecular formula is C14H19N3O2S. The van der Waals surface area contributed by atoms with Crippen molar-refractivity contribution in [1.82, 2.24) is 4.31 Å². The zero-order valence-corrected chi connectivity index (χ0v) is 12.5. The highest BCUT2D eigenvalue weighted by molar-refractivity contribution is 7.89. The molecular weight excluding hydrogens is 274 g/mol. The fraction of sp³-hybridized carbons (Fsp3) is 0.500. The molecule has 0 radical (unpaired) electrons. The fourth-order valence-corrected chi connectivity index (χ4v) is 4.54. The number of hydrogen-bond donors (Lipinski definition) is 1. The molecule has 1 aromatic carbocycles. The Bertz CT molecular complexity index is 649. The van der Waals surface area contributed by atoms with Crippen LogP contribution in [0.5, 0.6) is 0 Å². The van der Waals surface area contributed by atoms with Gasteiger partial charge in [0.25, 0.3) is 0 Å². The van der Waals surface area contributed by atoms with Crippen molar-refractivity contribution in [2.24, 2.45) is 5.73 Å². The lowest BCUT2D eigenvalue weighted by Crippen LogP contribution is -2.48. The smallest absolute Gasteiger partial charge is 0.243 e. The summed E-state index contributed by atoms with van der Waals surface area (Å²) in [6.07, 6.45) is 1.35. The molecule has 0 saturated carbocycles. The van der Waals surface area contributed by atoms with Gasteiger partial charge in [0.15, 0.2) is 0 Å². The quantitative estimate of drug-likeness (QED) is 0.892. The minimum Gasteiger partial charge on any atom is -0.328 e. The molecule has 1 saturated heterocycles. The number of nitrogens with two attached hydrogens (primary N) is 1. The lowest BCUT2D eigenvalue weighted by atomic mass is 10.0. The molecule has 2 N–H and O–H groups in total. The van der Waals surface area contributed by atoms with Gasteiger partial charge in [0, 0.05) is 18.6 Å². The van der Waals surface area contributed by atoms with Crippen molar-refractivity contribution in [3.05, 3.63) is 29.3 Å². The number of sulfonamides is 1. The van der Waals surface area contributed by atoms with Crippen LogP contribution in [0.2, 0.25) is 0 Å². The predicted molar refractivity (Wildman–Crippen MR) is 76.5 cm³/mol. The van der Waals surface area contributed by atoms with Crippen molar-refractivity contribution in [1.29, 1.82) is 5.26 Å². The SMILES string of the molecule is Cc1cc(C#N)ccc1S(=O)(=O)N1CC[C@@H](N)C[C@@H]1C. The Morgan fingerprint density at radius 2 is 2.15 bits per heavy atom. The number of nitriles is 1. The van der Waals surface area contributed by atoms with E-state index in [0.29, 0.717) is 30.5 Å². The van der Waals surface area contributed by atoms with Gasteiger partial charge in [-0.2, -0.15) is 9.57 Å². The molecule has 20 heavy (non-hydrogen) atoms. The van der Waals surface area contributed by atoms with E-state index in [9.17, 15) is 8.42 Å². The summed E-state index contributed by atoms with van der Waals surface area (Å²) < 4.78 is 27.0. The Hall–Kier alpha value is -1.42. The standard InChI is InChI=1S/C14H19N3O2S/c1-10-7-12(9-15)3-4-14(10)20(18,19)17-6-5-13(16)8-11(17)2/h3-4,7,11,13H,5-6,8,16H2,1-2H3/t11-,13+/m0/s1. The third-order valence-corrected chi connectivity index (χ3v) is 5.92. The minimum atomic E-state index is -3.52. The first-order valence-electron chi connectivity index (χ1n) is 6.64. The van der Waals surface area contributed by atoms with Crippen LogP contribution in [0.15, 0.2) is 23.1 Å². The van der Waals surface area contributed by atoms with Crippen LogP contribution in [-0.4, -0.2) is 31.4 Å². The molecule has 0 spiro atoms. The molecule has 0 unspecified atom stereocenters. The van der Waals surface area contributed by atoms with Crippen LogP contribution in [0, 0.1) is 18.3 Å². The van der Waals surface area contributed by atoms with E-state index in [4.69, 9.17) is 11.0 Å². The van der Waals surface area contributed by atoms with Crippen molar-refractivity contribution in [2.75, 3.05) is 6.54 Å². The fourth-order valence-electron chi connectivity index (χ4n) is 2.68. The Balaban J connectivity index is 2.38. The van der Waals surface area contributed by atoms with E-state index in [1.807, 2.05) is 13.0 Å². The van der Waals surface area contributed by atoms with Crippen LogP contribution in [0.25, 0.3) is 0 Å². The number of nitrogens with zero attached hydrogens (tertiary/aromatic N) is 2. The van der Waals surface area contributed by atoms with Gasteiger partial charge in [-0.1, -0.05) is 0 Å². The van der Waals surface area contributed by atoms with Crippen molar-refractivity contribution in [3.8, 4) is 6.07 Å². The summed E-state index contributed by atoms with van der Waals surface area (Å²) in [5, 5.41) is 8.85. The van der Waals surface area contributed by atoms with Crippen molar-refractivity contribution >= 4 is 10.0 Å². The Kier molecular flexibility index (Phi) is 4.14. The Labute approximate surface area is 120 Å². The minimum absolute atomic E-state index is 0.0681. The summed E-state index contributed by atoms with van der Waals surface area (Å²) in [7, 11) is -3.52. The molecule has 0 bridgehead atoms. The molecule has 108 valence electrons. The second kappa shape index (κ2) is 5.52. The van der Waals surface area contributed by atoms with Crippen LogP contribution in [0.1, 0.15) is 30.9 Å². The summed E-state index contributed by atoms with van der Waals surface area (Å²) >= 11 is 0. The van der Waals surface area contributed by atoms with E-state index < -0.39 is 10.0 Å². The summed E-state index contributed by atoms with van der Waals surface area (Å²) in [4.78, 5) is 0.277. The number of aryl methyl sites for hydroxylation is 1. The third kappa shape index (κ3) is 2.70. The highest BCUT2D eigenvalue weighted by atomic mass is 32.2. The van der Waals surface area contributed by atoms with E-state index in [0.717, 1.165) is 0 Å². The van der Waals surface area contributed by atoms with Crippen LogP contribution in [0.3, 0.4) is 0 Å². The van der Waals surface area contributed by atoms with Crippen molar-refractivity contribution < 1.29 is 8.42 Å². The monoisotopic (exact) mass is 293 g/mol. The maximum atomic E-state index is 12.7. The molecule has 5 nitrogen and oxygen atoms in total. The first-order chi connectivity index (χ1) is 9.36. The third-order valence-electron chi connectivity index (χ3n) is 3.75. The summed E-state index contributed by atoms with van der Waals surface area (Å²) in [6.45, 7) is 4.05. The van der Waals surface area contributed by atoms with Gasteiger partial charge < -0.3 is 5.73 Å². The summed E-state index contributed by atoms with van der Waals surface area (Å²) in [5.74, 6) is 0. The van der Waals surface area contributed by atoms with Gasteiger partial charge in [-0.3, -0.25) is 0 Å². The average molecular weight is 293 g/mol. The zero-order valence-electron chi connectivity index (χ0n) is 11.7. The second-order valence-corrected chi connectivity index (χ2v) is 7.20. The molecule has 1 aliphatic rings. The van der Waals surface area contributed by atoms with Crippen LogP contribution in [0.4, 0.5) is 0 Å². The van der Waals surface area contributed by atoms with Crippen molar-refractivity contribution in [3.63, 3.8) is 0 Å². The van der Waals surface area contributed by atoms with E-state index in [-0.39, 0.29) is 17.0 Å². The number of benzene rings is 1. The molecule has 1 heterocycles. The molecule has 2 rings (SSSR count). The summed E-state index contributed by atoms with van der Waals surface area (Å²) in [5.41, 5.74) is 6.95. The maximum Gasteiger partial charge on any atom is 0.243 e. The van der Waals surface area contributed by atoms with Gasteiger partial charge in [-0.15, -0.1) is 0 Å². The van der Waals surface area contributed by atoms with E-state index in [1.165, 1.54) is 10.4 Å². The number of piperidine rings is 1. The molecule has 6 heteroatoms. The van der Waals surface area contributed by atoms with Gasteiger partial charge in [-0.05, 0) is 50.5 Å². The van der Waals surface area contributed by atoms with Gasteiger partial charge in [-0.25, -0.2) is 8.42 Å². The van der Waals surface area contributed by atoms with E-state index >= 15 is 0 Å². The highest BCUT2D eigenvalue weighted by Crippen LogP contribution is 2.27. The van der Waals surface area contributed by atoms with E-state index in [1.54, 1.807) is 19.1 Å². The maximum absolute atomic E-state index is 12.7. The largest absolute Gasteiger partial charge is 0.328 e. The van der Waals surface area contributed by atoms with Crippen LogP contribution in [-0.2, 0) is 10.0 Å². The molecule has 1 aromatic rings. The lowest BCUT2D eigenvalue weighted by molar-refractivity contribution is 0.247. The predicted octanol–water partition coefficient (Wildman–Crippen LogP) is 1.37. The molecule has 2 atom stereocenters. The lowest BCUT2D eigenvalue weighted by Gasteiger charge is -2.35. The van der Waals surface area contributed by atoms with E-state index in [2.05, 4.69) is 0 Å². The van der Waals surface area contributed by atoms with Gasteiger partial charge >= 0.3 is 0 Å².